The number of likely N-dealkylation sites (tertiary alicyclic amines) is 1. The van der Waals surface area contributed by atoms with Crippen molar-refractivity contribution in [3.05, 3.63) is 58.4 Å². The summed E-state index contributed by atoms with van der Waals surface area (Å²) in [6.07, 6.45) is 6.52. The number of benzene rings is 1. The lowest BCUT2D eigenvalue weighted by Gasteiger charge is -2.29. The van der Waals surface area contributed by atoms with Crippen molar-refractivity contribution in [1.29, 1.82) is 0 Å². The Morgan fingerprint density at radius 1 is 1.06 bits per heavy atom. The van der Waals surface area contributed by atoms with Crippen LogP contribution < -0.4 is 5.32 Å². The van der Waals surface area contributed by atoms with Crippen molar-refractivity contribution in [2.24, 2.45) is 11.8 Å². The summed E-state index contributed by atoms with van der Waals surface area (Å²) < 4.78 is 54.1. The summed E-state index contributed by atoms with van der Waals surface area (Å²) in [5.74, 6) is -2.19. The number of fused-ring (bicyclic) bond motifs is 1. The van der Waals surface area contributed by atoms with Gasteiger partial charge in [0.25, 0.3) is 5.91 Å². The van der Waals surface area contributed by atoms with Gasteiger partial charge in [-0.2, -0.15) is 0 Å². The summed E-state index contributed by atoms with van der Waals surface area (Å²) in [7, 11) is -3.53. The number of piperidine rings is 1. The van der Waals surface area contributed by atoms with Crippen molar-refractivity contribution >= 4 is 33.3 Å². The molecule has 1 aromatic carbocycles. The van der Waals surface area contributed by atoms with Gasteiger partial charge in [0.15, 0.2) is 9.84 Å². The van der Waals surface area contributed by atoms with Crippen molar-refractivity contribution < 1.29 is 26.8 Å². The van der Waals surface area contributed by atoms with Gasteiger partial charge in [-0.1, -0.05) is 11.6 Å². The summed E-state index contributed by atoms with van der Waals surface area (Å²) >= 11 is 5.70. The van der Waals surface area contributed by atoms with Gasteiger partial charge in [0.1, 0.15) is 17.7 Å². The molecule has 0 bridgehead atoms. The minimum Gasteiger partial charge on any atom is -0.347 e. The maximum Gasteiger partial charge on any atom is 0.256 e. The molecule has 11 heteroatoms. The summed E-state index contributed by atoms with van der Waals surface area (Å²) in [6.45, 7) is 0. The van der Waals surface area contributed by atoms with Crippen LogP contribution in [0.2, 0.25) is 5.02 Å². The predicted octanol–water partition coefficient (Wildman–Crippen LogP) is 3.82. The van der Waals surface area contributed by atoms with Gasteiger partial charge in [0, 0.05) is 24.0 Å². The SMILES string of the molecule is O=C(N[C@@H](c1cc(F)c(Cl)cc1F)C1CC1)[C@H]1C[C@H]2C[C@H]2N1C(=O)c1cncc(S(=O)(=O)C2CC2)c1. The summed E-state index contributed by atoms with van der Waals surface area (Å²) in [5, 5.41) is 2.11. The maximum absolute atomic E-state index is 14.7. The lowest BCUT2D eigenvalue weighted by Crippen LogP contribution is -2.49. The fraction of sp³-hybridized carbons (Fsp3) is 0.480. The van der Waals surface area contributed by atoms with E-state index in [2.05, 4.69) is 10.3 Å². The van der Waals surface area contributed by atoms with Crippen LogP contribution in [0.4, 0.5) is 8.78 Å². The zero-order valence-electron chi connectivity index (χ0n) is 19.2. The second kappa shape index (κ2) is 8.48. The Balaban J connectivity index is 1.24. The minimum absolute atomic E-state index is 0.0115. The number of hydrogen-bond donors (Lipinski definition) is 1. The molecule has 1 aromatic heterocycles. The highest BCUT2D eigenvalue weighted by molar-refractivity contribution is 7.92. The molecule has 0 radical (unpaired) electrons. The molecule has 0 unspecified atom stereocenters. The van der Waals surface area contributed by atoms with Gasteiger partial charge in [-0.25, -0.2) is 17.2 Å². The second-order valence-electron chi connectivity index (χ2n) is 10.3. The molecule has 190 valence electrons. The number of aromatic nitrogens is 1. The number of rotatable bonds is 7. The second-order valence-corrected chi connectivity index (χ2v) is 12.9. The topological polar surface area (TPSA) is 96.4 Å². The molecule has 4 fully saturated rings. The average Bonchev–Trinajstić information content (AvgIpc) is 3.72. The van der Waals surface area contributed by atoms with E-state index in [1.165, 1.54) is 23.4 Å². The summed E-state index contributed by atoms with van der Waals surface area (Å²) in [5.41, 5.74) is 0.155. The maximum atomic E-state index is 14.7. The number of hydrogen-bond acceptors (Lipinski definition) is 5. The zero-order chi connectivity index (χ0) is 25.4. The first kappa shape index (κ1) is 23.8. The van der Waals surface area contributed by atoms with Crippen molar-refractivity contribution in [3.8, 4) is 0 Å². The Hall–Kier alpha value is -2.59. The van der Waals surface area contributed by atoms with E-state index in [1.807, 2.05) is 0 Å². The molecule has 1 aliphatic heterocycles. The highest BCUT2D eigenvalue weighted by Gasteiger charge is 2.56. The minimum atomic E-state index is -3.53. The average molecular weight is 536 g/mol. The number of pyridine rings is 1. The van der Waals surface area contributed by atoms with Gasteiger partial charge in [0.2, 0.25) is 5.91 Å². The van der Waals surface area contributed by atoms with Crippen LogP contribution in [0.1, 0.15) is 60.5 Å². The van der Waals surface area contributed by atoms with Crippen LogP contribution in [0.15, 0.2) is 35.5 Å². The van der Waals surface area contributed by atoms with E-state index >= 15 is 0 Å². The fourth-order valence-corrected chi connectivity index (χ4v) is 7.09. The van der Waals surface area contributed by atoms with Crippen LogP contribution >= 0.6 is 11.6 Å². The number of nitrogens with zero attached hydrogens (tertiary/aromatic N) is 2. The Bertz CT molecular complexity index is 1380. The molecule has 2 amide bonds. The van der Waals surface area contributed by atoms with E-state index in [9.17, 15) is 26.8 Å². The molecule has 4 aliphatic rings. The highest BCUT2D eigenvalue weighted by atomic mass is 35.5. The van der Waals surface area contributed by atoms with E-state index in [0.717, 1.165) is 31.4 Å². The summed E-state index contributed by atoms with van der Waals surface area (Å²) in [6, 6.07) is 1.64. The lowest BCUT2D eigenvalue weighted by molar-refractivity contribution is -0.126. The number of halogens is 3. The van der Waals surface area contributed by atoms with Crippen LogP contribution in [-0.4, -0.2) is 47.4 Å². The Morgan fingerprint density at radius 3 is 2.50 bits per heavy atom. The molecule has 6 rings (SSSR count). The van der Waals surface area contributed by atoms with Gasteiger partial charge in [-0.05, 0) is 68.6 Å². The smallest absolute Gasteiger partial charge is 0.256 e. The molecule has 2 aromatic rings. The van der Waals surface area contributed by atoms with Crippen molar-refractivity contribution in [3.63, 3.8) is 0 Å². The Morgan fingerprint density at radius 2 is 1.81 bits per heavy atom. The van der Waals surface area contributed by atoms with Gasteiger partial charge in [-0.3, -0.25) is 14.6 Å². The number of nitrogens with one attached hydrogen (secondary N) is 1. The van der Waals surface area contributed by atoms with Gasteiger partial charge >= 0.3 is 0 Å². The van der Waals surface area contributed by atoms with Crippen molar-refractivity contribution in [2.45, 2.75) is 66.8 Å². The Labute approximate surface area is 212 Å². The van der Waals surface area contributed by atoms with E-state index in [-0.39, 0.29) is 38.9 Å². The highest BCUT2D eigenvalue weighted by Crippen LogP contribution is 2.49. The normalized spacial score (nSPS) is 25.9. The van der Waals surface area contributed by atoms with Crippen molar-refractivity contribution in [1.82, 2.24) is 15.2 Å². The quantitative estimate of drug-likeness (QED) is 0.544. The van der Waals surface area contributed by atoms with Gasteiger partial charge in [0.05, 0.1) is 26.8 Å². The number of carbonyl (C=O) groups is 2. The third-order valence-electron chi connectivity index (χ3n) is 7.66. The van der Waals surface area contributed by atoms with Gasteiger partial charge in [-0.15, -0.1) is 0 Å². The molecular formula is C25H24ClF2N3O4S. The number of sulfone groups is 1. The lowest BCUT2D eigenvalue weighted by atomic mass is 10.00. The third kappa shape index (κ3) is 4.18. The summed E-state index contributed by atoms with van der Waals surface area (Å²) in [4.78, 5) is 32.4. The van der Waals surface area contributed by atoms with E-state index < -0.39 is 50.6 Å². The third-order valence-corrected chi connectivity index (χ3v) is 10.2. The molecule has 2 heterocycles. The largest absolute Gasteiger partial charge is 0.347 e. The first-order valence-corrected chi connectivity index (χ1v) is 14.0. The first-order chi connectivity index (χ1) is 17.1. The molecule has 7 nitrogen and oxygen atoms in total. The molecule has 4 atom stereocenters. The number of amides is 2. The number of carbonyl (C=O) groups excluding carboxylic acids is 2. The molecule has 3 aliphatic carbocycles. The van der Waals surface area contributed by atoms with E-state index in [0.29, 0.717) is 19.3 Å². The van der Waals surface area contributed by atoms with E-state index in [1.54, 1.807) is 0 Å². The van der Waals surface area contributed by atoms with Crippen LogP contribution in [-0.2, 0) is 14.6 Å². The molecule has 36 heavy (non-hydrogen) atoms. The van der Waals surface area contributed by atoms with Crippen LogP contribution in [0.3, 0.4) is 0 Å². The van der Waals surface area contributed by atoms with Gasteiger partial charge < -0.3 is 10.2 Å². The molecule has 1 saturated heterocycles. The first-order valence-electron chi connectivity index (χ1n) is 12.1. The van der Waals surface area contributed by atoms with Crippen LogP contribution in [0.5, 0.6) is 0 Å². The monoisotopic (exact) mass is 535 g/mol. The molecular weight excluding hydrogens is 512 g/mol. The standard InChI is InChI=1S/C25H24ClF2N3O4S/c26-18-9-19(27)17(8-20(18)28)23(12-1-2-12)30-24(32)22-7-13-6-21(13)31(22)25(33)14-5-16(11-29-10-14)36(34,35)15-3-4-15/h5,8-13,15,21-23H,1-4,6-7H2,(H,30,32)/t13-,21-,22-,23-/m1/s1. The molecule has 0 spiro atoms. The zero-order valence-corrected chi connectivity index (χ0v) is 20.7. The van der Waals surface area contributed by atoms with E-state index in [4.69, 9.17) is 11.6 Å². The molecule has 3 saturated carbocycles. The Kier molecular flexibility index (Phi) is 5.60. The fourth-order valence-electron chi connectivity index (χ4n) is 5.30. The van der Waals surface area contributed by atoms with Crippen molar-refractivity contribution in [2.75, 3.05) is 0 Å². The molecule has 1 N–H and O–H groups in total. The van der Waals surface area contributed by atoms with Crippen LogP contribution in [0, 0.1) is 23.5 Å². The van der Waals surface area contributed by atoms with Crippen LogP contribution in [0.25, 0.3) is 0 Å². The predicted molar refractivity (Wildman–Crippen MR) is 126 cm³/mol.